The van der Waals surface area contributed by atoms with Crippen LogP contribution in [0.4, 0.5) is 11.4 Å². The number of hydrogen-bond acceptors (Lipinski definition) is 2. The van der Waals surface area contributed by atoms with E-state index in [1.165, 1.54) is 5.56 Å². The van der Waals surface area contributed by atoms with Gasteiger partial charge in [0.15, 0.2) is 0 Å². The lowest BCUT2D eigenvalue weighted by Crippen LogP contribution is -2.14. The molecule has 0 fully saturated rings. The number of benzene rings is 2. The van der Waals surface area contributed by atoms with Gasteiger partial charge in [-0.3, -0.25) is 4.79 Å². The number of carbonyl (C=O) groups is 1. The van der Waals surface area contributed by atoms with Crippen molar-refractivity contribution in [3.05, 3.63) is 59.2 Å². The summed E-state index contributed by atoms with van der Waals surface area (Å²) in [7, 11) is 0. The first kappa shape index (κ1) is 14.1. The lowest BCUT2D eigenvalue weighted by atomic mass is 10.1. The summed E-state index contributed by atoms with van der Waals surface area (Å²) in [6.07, 6.45) is 2.22. The molecule has 0 heterocycles. The first-order chi connectivity index (χ1) is 9.61. The molecule has 0 atom stereocenters. The highest BCUT2D eigenvalue weighted by molar-refractivity contribution is 6.00. The summed E-state index contributed by atoms with van der Waals surface area (Å²) in [5.74, 6) is -0.418. The van der Waals surface area contributed by atoms with E-state index in [1.54, 1.807) is 6.07 Å². The molecule has 2 rings (SSSR count). The van der Waals surface area contributed by atoms with E-state index < -0.39 is 5.91 Å². The molecule has 0 radical (unpaired) electrons. The van der Waals surface area contributed by atoms with Gasteiger partial charge in [-0.25, -0.2) is 0 Å². The number of hydrogen-bond donors (Lipinski definition) is 2. The summed E-state index contributed by atoms with van der Waals surface area (Å²) in [6.45, 7) is 4.12. The number of amides is 1. The Morgan fingerprint density at radius 1 is 1.15 bits per heavy atom. The van der Waals surface area contributed by atoms with Gasteiger partial charge in [0.2, 0.25) is 0 Å². The third-order valence-corrected chi connectivity index (χ3v) is 3.30. The maximum Gasteiger partial charge on any atom is 0.250 e. The molecule has 0 unspecified atom stereocenters. The summed E-state index contributed by atoms with van der Waals surface area (Å²) in [6, 6.07) is 13.8. The molecule has 3 heteroatoms. The van der Waals surface area contributed by atoms with Crippen molar-refractivity contribution in [2.45, 2.75) is 26.7 Å². The quantitative estimate of drug-likeness (QED) is 0.866. The zero-order chi connectivity index (χ0) is 14.5. The highest BCUT2D eigenvalue weighted by Crippen LogP contribution is 2.25. The average molecular weight is 268 g/mol. The topological polar surface area (TPSA) is 55.1 Å². The van der Waals surface area contributed by atoms with Crippen molar-refractivity contribution in [2.24, 2.45) is 5.73 Å². The Morgan fingerprint density at radius 2 is 1.85 bits per heavy atom. The number of aryl methyl sites for hydroxylation is 2. The Bertz CT molecular complexity index is 603. The molecule has 0 saturated carbocycles. The van der Waals surface area contributed by atoms with Crippen LogP contribution in [-0.2, 0) is 6.42 Å². The number of primary amides is 1. The molecule has 0 spiro atoms. The molecule has 0 aromatic heterocycles. The minimum atomic E-state index is -0.418. The molecule has 104 valence electrons. The number of rotatable bonds is 5. The van der Waals surface area contributed by atoms with Crippen molar-refractivity contribution in [3.63, 3.8) is 0 Å². The Morgan fingerprint density at radius 3 is 2.45 bits per heavy atom. The predicted molar refractivity (Wildman–Crippen MR) is 83.4 cm³/mol. The summed E-state index contributed by atoms with van der Waals surface area (Å²) in [5, 5.41) is 3.29. The van der Waals surface area contributed by atoms with Gasteiger partial charge >= 0.3 is 0 Å². The number of anilines is 2. The Balaban J connectivity index is 2.27. The molecule has 3 nitrogen and oxygen atoms in total. The van der Waals surface area contributed by atoms with Gasteiger partial charge in [-0.2, -0.15) is 0 Å². The highest BCUT2D eigenvalue weighted by atomic mass is 16.1. The minimum absolute atomic E-state index is 0.418. The van der Waals surface area contributed by atoms with Crippen molar-refractivity contribution < 1.29 is 4.79 Å². The second-order valence-corrected chi connectivity index (χ2v) is 4.93. The van der Waals surface area contributed by atoms with Crippen LogP contribution in [0.25, 0.3) is 0 Å². The van der Waals surface area contributed by atoms with Crippen molar-refractivity contribution in [1.29, 1.82) is 0 Å². The summed E-state index contributed by atoms with van der Waals surface area (Å²) in [5.41, 5.74) is 10.00. The Kier molecular flexibility index (Phi) is 4.41. The Hall–Kier alpha value is -2.29. The second kappa shape index (κ2) is 6.24. The van der Waals surface area contributed by atoms with Crippen LogP contribution in [0.2, 0.25) is 0 Å². The molecule has 0 aliphatic carbocycles. The molecule has 2 aromatic rings. The van der Waals surface area contributed by atoms with E-state index in [2.05, 4.69) is 24.4 Å². The van der Waals surface area contributed by atoms with Crippen molar-refractivity contribution in [3.8, 4) is 0 Å². The number of nitrogens with one attached hydrogen (secondary N) is 1. The SMILES string of the molecule is CCCc1ccc(Nc2c(C)cccc2C(N)=O)cc1. The summed E-state index contributed by atoms with van der Waals surface area (Å²) < 4.78 is 0. The molecule has 20 heavy (non-hydrogen) atoms. The van der Waals surface area contributed by atoms with Crippen LogP contribution >= 0.6 is 0 Å². The zero-order valence-corrected chi connectivity index (χ0v) is 11.9. The van der Waals surface area contributed by atoms with Crippen LogP contribution in [0.15, 0.2) is 42.5 Å². The van der Waals surface area contributed by atoms with Gasteiger partial charge in [0, 0.05) is 5.69 Å². The molecular formula is C17H20N2O. The van der Waals surface area contributed by atoms with Gasteiger partial charge in [-0.05, 0) is 42.7 Å². The maximum absolute atomic E-state index is 11.5. The van der Waals surface area contributed by atoms with Crippen LogP contribution in [0.1, 0.15) is 34.8 Å². The molecule has 0 aliphatic rings. The second-order valence-electron chi connectivity index (χ2n) is 4.93. The van der Waals surface area contributed by atoms with Crippen LogP contribution in [-0.4, -0.2) is 5.91 Å². The fraction of sp³-hybridized carbons (Fsp3) is 0.235. The molecular weight excluding hydrogens is 248 g/mol. The van der Waals surface area contributed by atoms with Crippen LogP contribution < -0.4 is 11.1 Å². The summed E-state index contributed by atoms with van der Waals surface area (Å²) in [4.78, 5) is 11.5. The minimum Gasteiger partial charge on any atom is -0.366 e. The van der Waals surface area contributed by atoms with E-state index in [4.69, 9.17) is 5.73 Å². The van der Waals surface area contributed by atoms with E-state index in [1.807, 2.05) is 31.2 Å². The van der Waals surface area contributed by atoms with E-state index in [0.29, 0.717) is 5.56 Å². The highest BCUT2D eigenvalue weighted by Gasteiger charge is 2.10. The normalized spacial score (nSPS) is 10.3. The maximum atomic E-state index is 11.5. The Labute approximate surface area is 119 Å². The van der Waals surface area contributed by atoms with Crippen LogP contribution in [0.5, 0.6) is 0 Å². The van der Waals surface area contributed by atoms with E-state index >= 15 is 0 Å². The van der Waals surface area contributed by atoms with E-state index in [0.717, 1.165) is 29.8 Å². The third kappa shape index (κ3) is 3.18. The van der Waals surface area contributed by atoms with Crippen molar-refractivity contribution >= 4 is 17.3 Å². The lowest BCUT2D eigenvalue weighted by Gasteiger charge is -2.13. The number of nitrogens with two attached hydrogens (primary N) is 1. The molecule has 0 bridgehead atoms. The largest absolute Gasteiger partial charge is 0.366 e. The molecule has 0 aliphatic heterocycles. The molecule has 1 amide bonds. The monoisotopic (exact) mass is 268 g/mol. The zero-order valence-electron chi connectivity index (χ0n) is 11.9. The van der Waals surface area contributed by atoms with Crippen molar-refractivity contribution in [2.75, 3.05) is 5.32 Å². The third-order valence-electron chi connectivity index (χ3n) is 3.30. The first-order valence-corrected chi connectivity index (χ1v) is 6.87. The standard InChI is InChI=1S/C17H20N2O/c1-3-5-13-8-10-14(11-9-13)19-16-12(2)6-4-7-15(16)17(18)20/h4,6-11,19H,3,5H2,1-2H3,(H2,18,20). The average Bonchev–Trinajstić information content (AvgIpc) is 2.43. The van der Waals surface area contributed by atoms with Crippen molar-refractivity contribution in [1.82, 2.24) is 0 Å². The van der Waals surface area contributed by atoms with Gasteiger partial charge in [0.25, 0.3) is 5.91 Å². The van der Waals surface area contributed by atoms with Crippen LogP contribution in [0.3, 0.4) is 0 Å². The fourth-order valence-electron chi connectivity index (χ4n) is 2.23. The van der Waals surface area contributed by atoms with E-state index in [-0.39, 0.29) is 0 Å². The fourth-order valence-corrected chi connectivity index (χ4v) is 2.23. The van der Waals surface area contributed by atoms with Crippen LogP contribution in [0, 0.1) is 6.92 Å². The van der Waals surface area contributed by atoms with Gasteiger partial charge in [-0.1, -0.05) is 37.6 Å². The number of carbonyl (C=O) groups excluding carboxylic acids is 1. The summed E-state index contributed by atoms with van der Waals surface area (Å²) >= 11 is 0. The van der Waals surface area contributed by atoms with Gasteiger partial charge in [0.1, 0.15) is 0 Å². The van der Waals surface area contributed by atoms with Gasteiger partial charge in [0.05, 0.1) is 11.3 Å². The lowest BCUT2D eigenvalue weighted by molar-refractivity contribution is 0.100. The molecule has 2 aromatic carbocycles. The predicted octanol–water partition coefficient (Wildman–Crippen LogP) is 3.79. The first-order valence-electron chi connectivity index (χ1n) is 6.87. The van der Waals surface area contributed by atoms with Gasteiger partial charge < -0.3 is 11.1 Å². The van der Waals surface area contributed by atoms with Gasteiger partial charge in [-0.15, -0.1) is 0 Å². The molecule has 0 saturated heterocycles. The van der Waals surface area contributed by atoms with E-state index in [9.17, 15) is 4.79 Å². The molecule has 3 N–H and O–H groups in total. The number of para-hydroxylation sites is 1. The smallest absolute Gasteiger partial charge is 0.250 e.